The number of β-amino-alcohol motifs (C(OH)–C–C–N with tert-alkyl or cyclic N) is 1. The van der Waals surface area contributed by atoms with Gasteiger partial charge in [0.05, 0.1) is 6.61 Å². The van der Waals surface area contributed by atoms with Gasteiger partial charge in [0.15, 0.2) is 0 Å². The predicted molar refractivity (Wildman–Crippen MR) is 59.4 cm³/mol. The molecule has 1 rings (SSSR count). The third-order valence-electron chi connectivity index (χ3n) is 2.88. The molecule has 0 spiro atoms. The van der Waals surface area contributed by atoms with Gasteiger partial charge in [-0.15, -0.1) is 0 Å². The zero-order chi connectivity index (χ0) is 10.2. The van der Waals surface area contributed by atoms with Gasteiger partial charge in [0.2, 0.25) is 0 Å². The smallest absolute Gasteiger partial charge is 0.0558 e. The zero-order valence-electron chi connectivity index (χ0n) is 9.34. The molecule has 1 heterocycles. The molecular weight excluding hydrogens is 176 g/mol. The molecule has 0 aliphatic carbocycles. The van der Waals surface area contributed by atoms with Gasteiger partial charge in [-0.3, -0.25) is 0 Å². The van der Waals surface area contributed by atoms with Crippen molar-refractivity contribution in [3.05, 3.63) is 0 Å². The summed E-state index contributed by atoms with van der Waals surface area (Å²) in [4.78, 5) is 2.38. The summed E-state index contributed by atoms with van der Waals surface area (Å²) in [5.74, 6) is 0.793. The van der Waals surface area contributed by atoms with Gasteiger partial charge in [-0.2, -0.15) is 0 Å². The first-order valence-electron chi connectivity index (χ1n) is 5.90. The van der Waals surface area contributed by atoms with Gasteiger partial charge in [-0.05, 0) is 44.8 Å². The highest BCUT2D eigenvalue weighted by molar-refractivity contribution is 4.74. The molecule has 2 N–H and O–H groups in total. The Morgan fingerprint density at radius 3 is 3.07 bits per heavy atom. The van der Waals surface area contributed by atoms with Crippen LogP contribution in [-0.4, -0.2) is 49.3 Å². The van der Waals surface area contributed by atoms with E-state index >= 15 is 0 Å². The quantitative estimate of drug-likeness (QED) is 0.619. The number of nitrogens with zero attached hydrogens (tertiary/aromatic N) is 1. The highest BCUT2D eigenvalue weighted by atomic mass is 16.3. The number of rotatable bonds is 6. The number of likely N-dealkylation sites (tertiary alicyclic amines) is 1. The molecule has 3 heteroatoms. The van der Waals surface area contributed by atoms with E-state index in [1.54, 1.807) is 0 Å². The van der Waals surface area contributed by atoms with Crippen molar-refractivity contribution in [3.63, 3.8) is 0 Å². The van der Waals surface area contributed by atoms with Crippen LogP contribution in [-0.2, 0) is 0 Å². The number of aliphatic hydroxyl groups excluding tert-OH is 1. The molecule has 1 atom stereocenters. The average molecular weight is 200 g/mol. The SMILES string of the molecule is CCCNCC1CCCN(CCO)C1. The summed E-state index contributed by atoms with van der Waals surface area (Å²) >= 11 is 0. The second kappa shape index (κ2) is 7.21. The Bertz CT molecular complexity index is 139. The fourth-order valence-corrected chi connectivity index (χ4v) is 2.15. The van der Waals surface area contributed by atoms with E-state index in [4.69, 9.17) is 5.11 Å². The predicted octanol–water partition coefficient (Wildman–Crippen LogP) is 0.690. The Morgan fingerprint density at radius 2 is 2.36 bits per heavy atom. The Morgan fingerprint density at radius 1 is 1.50 bits per heavy atom. The topological polar surface area (TPSA) is 35.5 Å². The van der Waals surface area contributed by atoms with Crippen LogP contribution in [0, 0.1) is 5.92 Å². The van der Waals surface area contributed by atoms with Crippen LogP contribution < -0.4 is 5.32 Å². The lowest BCUT2D eigenvalue weighted by Gasteiger charge is -2.32. The summed E-state index contributed by atoms with van der Waals surface area (Å²) in [6.45, 7) is 7.97. The lowest BCUT2D eigenvalue weighted by molar-refractivity contribution is 0.139. The number of hydrogen-bond acceptors (Lipinski definition) is 3. The molecule has 1 aliphatic heterocycles. The summed E-state index contributed by atoms with van der Waals surface area (Å²) in [7, 11) is 0. The molecule has 84 valence electrons. The zero-order valence-corrected chi connectivity index (χ0v) is 9.34. The van der Waals surface area contributed by atoms with E-state index in [-0.39, 0.29) is 0 Å². The van der Waals surface area contributed by atoms with Gasteiger partial charge in [0.25, 0.3) is 0 Å². The molecule has 0 aromatic carbocycles. The molecule has 1 saturated heterocycles. The van der Waals surface area contributed by atoms with Crippen molar-refractivity contribution in [1.29, 1.82) is 0 Å². The molecule has 0 amide bonds. The summed E-state index contributed by atoms with van der Waals surface area (Å²) in [5, 5.41) is 12.3. The van der Waals surface area contributed by atoms with Gasteiger partial charge >= 0.3 is 0 Å². The molecule has 0 aromatic heterocycles. The first kappa shape index (κ1) is 12.0. The molecule has 1 fully saturated rings. The van der Waals surface area contributed by atoms with Gasteiger partial charge in [0, 0.05) is 13.1 Å². The molecule has 0 saturated carbocycles. The van der Waals surface area contributed by atoms with E-state index in [2.05, 4.69) is 17.1 Å². The normalized spacial score (nSPS) is 24.0. The van der Waals surface area contributed by atoms with Crippen LogP contribution in [0.4, 0.5) is 0 Å². The number of hydrogen-bond donors (Lipinski definition) is 2. The van der Waals surface area contributed by atoms with Crippen molar-refractivity contribution in [2.75, 3.05) is 39.3 Å². The minimum absolute atomic E-state index is 0.301. The van der Waals surface area contributed by atoms with Crippen LogP contribution in [0.3, 0.4) is 0 Å². The third-order valence-corrected chi connectivity index (χ3v) is 2.88. The van der Waals surface area contributed by atoms with Gasteiger partial charge in [-0.1, -0.05) is 6.92 Å². The molecule has 14 heavy (non-hydrogen) atoms. The highest BCUT2D eigenvalue weighted by Gasteiger charge is 2.18. The summed E-state index contributed by atoms with van der Waals surface area (Å²) in [5.41, 5.74) is 0. The van der Waals surface area contributed by atoms with Crippen molar-refractivity contribution in [1.82, 2.24) is 10.2 Å². The van der Waals surface area contributed by atoms with Crippen molar-refractivity contribution in [2.24, 2.45) is 5.92 Å². The van der Waals surface area contributed by atoms with Crippen molar-refractivity contribution in [3.8, 4) is 0 Å². The molecule has 0 bridgehead atoms. The van der Waals surface area contributed by atoms with E-state index in [9.17, 15) is 0 Å². The van der Waals surface area contributed by atoms with Crippen molar-refractivity contribution in [2.45, 2.75) is 26.2 Å². The molecule has 1 unspecified atom stereocenters. The van der Waals surface area contributed by atoms with E-state index in [1.807, 2.05) is 0 Å². The first-order valence-corrected chi connectivity index (χ1v) is 5.90. The molecule has 3 nitrogen and oxygen atoms in total. The maximum Gasteiger partial charge on any atom is 0.0558 e. The minimum Gasteiger partial charge on any atom is -0.395 e. The maximum atomic E-state index is 8.86. The summed E-state index contributed by atoms with van der Waals surface area (Å²) in [6, 6.07) is 0. The van der Waals surface area contributed by atoms with E-state index in [0.717, 1.165) is 32.1 Å². The van der Waals surface area contributed by atoms with Crippen LogP contribution >= 0.6 is 0 Å². The van der Waals surface area contributed by atoms with E-state index in [0.29, 0.717) is 6.61 Å². The summed E-state index contributed by atoms with van der Waals surface area (Å²) in [6.07, 6.45) is 3.85. The molecular formula is C11H24N2O. The number of nitrogens with one attached hydrogen (secondary N) is 1. The fourth-order valence-electron chi connectivity index (χ4n) is 2.15. The second-order valence-corrected chi connectivity index (χ2v) is 4.24. The third kappa shape index (κ3) is 4.40. The lowest BCUT2D eigenvalue weighted by atomic mass is 9.98. The number of piperidine rings is 1. The second-order valence-electron chi connectivity index (χ2n) is 4.24. The average Bonchev–Trinajstić information content (AvgIpc) is 2.19. The Balaban J connectivity index is 2.12. The van der Waals surface area contributed by atoms with Crippen LogP contribution in [0.5, 0.6) is 0 Å². The van der Waals surface area contributed by atoms with E-state index < -0.39 is 0 Å². The fraction of sp³-hybridized carbons (Fsp3) is 1.00. The van der Waals surface area contributed by atoms with Crippen LogP contribution in [0.1, 0.15) is 26.2 Å². The Labute approximate surface area is 87.5 Å². The van der Waals surface area contributed by atoms with Gasteiger partial charge in [-0.25, -0.2) is 0 Å². The van der Waals surface area contributed by atoms with E-state index in [1.165, 1.54) is 25.8 Å². The van der Waals surface area contributed by atoms with Crippen LogP contribution in [0.15, 0.2) is 0 Å². The van der Waals surface area contributed by atoms with Crippen molar-refractivity contribution < 1.29 is 5.11 Å². The lowest BCUT2D eigenvalue weighted by Crippen LogP contribution is -2.40. The Kier molecular flexibility index (Phi) is 6.15. The largest absolute Gasteiger partial charge is 0.395 e. The molecule has 0 aromatic rings. The molecule has 1 aliphatic rings. The molecule has 0 radical (unpaired) electrons. The Hall–Kier alpha value is -0.120. The van der Waals surface area contributed by atoms with Gasteiger partial charge in [0.1, 0.15) is 0 Å². The van der Waals surface area contributed by atoms with Gasteiger partial charge < -0.3 is 15.3 Å². The maximum absolute atomic E-state index is 8.86. The first-order chi connectivity index (χ1) is 6.86. The van der Waals surface area contributed by atoms with Crippen LogP contribution in [0.2, 0.25) is 0 Å². The monoisotopic (exact) mass is 200 g/mol. The number of aliphatic hydroxyl groups is 1. The van der Waals surface area contributed by atoms with Crippen molar-refractivity contribution >= 4 is 0 Å². The van der Waals surface area contributed by atoms with Crippen LogP contribution in [0.25, 0.3) is 0 Å². The highest BCUT2D eigenvalue weighted by Crippen LogP contribution is 2.14. The summed E-state index contributed by atoms with van der Waals surface area (Å²) < 4.78 is 0. The minimum atomic E-state index is 0.301. The standard InChI is InChI=1S/C11H24N2O/c1-2-5-12-9-11-4-3-6-13(10-11)7-8-14/h11-12,14H,2-10H2,1H3.